The number of Topliss-reactive ketones (excluding diaryl/α,β-unsaturated/α-hetero) is 1. The Labute approximate surface area is 119 Å². The second-order valence-corrected chi connectivity index (χ2v) is 4.98. The van der Waals surface area contributed by atoms with E-state index in [0.29, 0.717) is 0 Å². The fourth-order valence-electron chi connectivity index (χ4n) is 2.00. The minimum Gasteiger partial charge on any atom is -0.349 e. The molecule has 0 unspecified atom stereocenters. The molecular weight excluding hydrogens is 287 g/mol. The summed E-state index contributed by atoms with van der Waals surface area (Å²) in [5, 5.41) is 0.0289. The number of benzene rings is 1. The number of anilines is 1. The summed E-state index contributed by atoms with van der Waals surface area (Å²) in [6.07, 6.45) is -0.00257. The van der Waals surface area contributed by atoms with Crippen molar-refractivity contribution in [2.24, 2.45) is 0 Å². The maximum atomic E-state index is 13.9. The van der Waals surface area contributed by atoms with Crippen LogP contribution >= 0.6 is 11.6 Å². The minimum absolute atomic E-state index is 0.00257. The summed E-state index contributed by atoms with van der Waals surface area (Å²) >= 11 is 5.84. The standard InChI is InChI=1S/C13H12ClFN2O3/c1-16(2)9(18)5-6-17-11-8(15)4-3-7(14)10(11)12(19)13(17)20/h3-4H,5-6H2,1-2H3. The molecule has 0 spiro atoms. The molecule has 20 heavy (non-hydrogen) atoms. The molecule has 1 aromatic carbocycles. The molecule has 5 nitrogen and oxygen atoms in total. The van der Waals surface area contributed by atoms with E-state index in [-0.39, 0.29) is 35.1 Å². The van der Waals surface area contributed by atoms with Crippen molar-refractivity contribution in [1.82, 2.24) is 4.90 Å². The van der Waals surface area contributed by atoms with E-state index < -0.39 is 17.5 Å². The third-order valence-electron chi connectivity index (χ3n) is 3.06. The van der Waals surface area contributed by atoms with Crippen molar-refractivity contribution in [3.63, 3.8) is 0 Å². The van der Waals surface area contributed by atoms with Gasteiger partial charge in [-0.3, -0.25) is 14.4 Å². The van der Waals surface area contributed by atoms with E-state index in [2.05, 4.69) is 0 Å². The van der Waals surface area contributed by atoms with E-state index in [1.54, 1.807) is 14.1 Å². The Morgan fingerprint density at radius 3 is 2.60 bits per heavy atom. The summed E-state index contributed by atoms with van der Waals surface area (Å²) < 4.78 is 13.9. The lowest BCUT2D eigenvalue weighted by molar-refractivity contribution is -0.128. The van der Waals surface area contributed by atoms with Crippen molar-refractivity contribution in [1.29, 1.82) is 0 Å². The SMILES string of the molecule is CN(C)C(=O)CCN1C(=O)C(=O)c2c(Cl)ccc(F)c21. The van der Waals surface area contributed by atoms with E-state index in [4.69, 9.17) is 11.6 Å². The molecule has 0 bridgehead atoms. The monoisotopic (exact) mass is 298 g/mol. The molecule has 1 aromatic rings. The van der Waals surface area contributed by atoms with Gasteiger partial charge < -0.3 is 9.80 Å². The molecular formula is C13H12ClFN2O3. The smallest absolute Gasteiger partial charge is 0.299 e. The predicted octanol–water partition coefficient (Wildman–Crippen LogP) is 1.49. The van der Waals surface area contributed by atoms with Crippen LogP contribution in [0, 0.1) is 5.82 Å². The van der Waals surface area contributed by atoms with Crippen molar-refractivity contribution in [2.75, 3.05) is 25.5 Å². The quantitative estimate of drug-likeness (QED) is 0.794. The number of fused-ring (bicyclic) bond motifs is 1. The van der Waals surface area contributed by atoms with Gasteiger partial charge in [-0.05, 0) is 12.1 Å². The lowest BCUT2D eigenvalue weighted by Crippen LogP contribution is -2.34. The first-order chi connectivity index (χ1) is 9.34. The molecule has 1 aliphatic heterocycles. The third-order valence-corrected chi connectivity index (χ3v) is 3.38. The molecule has 106 valence electrons. The van der Waals surface area contributed by atoms with Crippen LogP contribution in [-0.2, 0) is 9.59 Å². The maximum absolute atomic E-state index is 13.9. The number of ketones is 1. The first-order valence-electron chi connectivity index (χ1n) is 5.89. The molecule has 2 amide bonds. The Kier molecular flexibility index (Phi) is 3.76. The van der Waals surface area contributed by atoms with Gasteiger partial charge >= 0.3 is 0 Å². The second kappa shape index (κ2) is 5.20. The molecule has 0 saturated carbocycles. The highest BCUT2D eigenvalue weighted by atomic mass is 35.5. The molecule has 0 aliphatic carbocycles. The van der Waals surface area contributed by atoms with Gasteiger partial charge in [0, 0.05) is 27.1 Å². The Hall–Kier alpha value is -1.95. The topological polar surface area (TPSA) is 57.7 Å². The molecule has 0 aromatic heterocycles. The Balaban J connectivity index is 2.34. The van der Waals surface area contributed by atoms with Crippen LogP contribution < -0.4 is 4.90 Å². The fourth-order valence-corrected chi connectivity index (χ4v) is 2.23. The van der Waals surface area contributed by atoms with Crippen molar-refractivity contribution in [3.8, 4) is 0 Å². The van der Waals surface area contributed by atoms with Crippen LogP contribution in [-0.4, -0.2) is 43.1 Å². The van der Waals surface area contributed by atoms with Gasteiger partial charge in [0.2, 0.25) is 5.91 Å². The van der Waals surface area contributed by atoms with Crippen LogP contribution in [0.4, 0.5) is 10.1 Å². The fraction of sp³-hybridized carbons (Fsp3) is 0.308. The van der Waals surface area contributed by atoms with Crippen LogP contribution in [0.25, 0.3) is 0 Å². The number of rotatable bonds is 3. The van der Waals surface area contributed by atoms with Crippen molar-refractivity contribution in [2.45, 2.75) is 6.42 Å². The molecule has 7 heteroatoms. The van der Waals surface area contributed by atoms with Gasteiger partial charge in [-0.1, -0.05) is 11.6 Å². The van der Waals surface area contributed by atoms with Crippen LogP contribution in [0.3, 0.4) is 0 Å². The van der Waals surface area contributed by atoms with Gasteiger partial charge in [0.25, 0.3) is 11.7 Å². The normalized spacial score (nSPS) is 13.7. The first kappa shape index (κ1) is 14.5. The zero-order valence-electron chi connectivity index (χ0n) is 10.9. The average molecular weight is 299 g/mol. The molecule has 0 atom stereocenters. The summed E-state index contributed by atoms with van der Waals surface area (Å²) in [5.74, 6) is -2.64. The van der Waals surface area contributed by atoms with Crippen molar-refractivity contribution >= 4 is 34.9 Å². The summed E-state index contributed by atoms with van der Waals surface area (Å²) in [4.78, 5) is 37.6. The van der Waals surface area contributed by atoms with Crippen LogP contribution in [0.1, 0.15) is 16.8 Å². The number of nitrogens with zero attached hydrogens (tertiary/aromatic N) is 2. The number of carbonyl (C=O) groups excluding carboxylic acids is 3. The van der Waals surface area contributed by atoms with Crippen molar-refractivity contribution in [3.05, 3.63) is 28.5 Å². The van der Waals surface area contributed by atoms with Gasteiger partial charge in [-0.2, -0.15) is 0 Å². The molecule has 0 N–H and O–H groups in total. The zero-order chi connectivity index (χ0) is 15.0. The summed E-state index contributed by atoms with van der Waals surface area (Å²) in [7, 11) is 3.15. The largest absolute Gasteiger partial charge is 0.349 e. The molecule has 1 aliphatic rings. The first-order valence-corrected chi connectivity index (χ1v) is 6.26. The number of carbonyl (C=O) groups is 3. The van der Waals surface area contributed by atoms with Gasteiger partial charge in [-0.25, -0.2) is 4.39 Å². The molecule has 1 heterocycles. The number of hydrogen-bond acceptors (Lipinski definition) is 3. The highest BCUT2D eigenvalue weighted by molar-refractivity contribution is 6.55. The van der Waals surface area contributed by atoms with E-state index in [1.165, 1.54) is 11.0 Å². The van der Waals surface area contributed by atoms with Crippen LogP contribution in [0.2, 0.25) is 5.02 Å². The van der Waals surface area contributed by atoms with Gasteiger partial charge in [0.1, 0.15) is 5.82 Å². The molecule has 0 saturated heterocycles. The predicted molar refractivity (Wildman–Crippen MR) is 71.4 cm³/mol. The Morgan fingerprint density at radius 2 is 2.00 bits per heavy atom. The maximum Gasteiger partial charge on any atom is 0.299 e. The van der Waals surface area contributed by atoms with Gasteiger partial charge in [0.05, 0.1) is 16.3 Å². The molecule has 2 rings (SSSR count). The zero-order valence-corrected chi connectivity index (χ0v) is 11.7. The highest BCUT2D eigenvalue weighted by Gasteiger charge is 2.39. The summed E-state index contributed by atoms with van der Waals surface area (Å²) in [6, 6.07) is 2.32. The number of amides is 2. The van der Waals surface area contributed by atoms with Crippen molar-refractivity contribution < 1.29 is 18.8 Å². The average Bonchev–Trinajstić information content (AvgIpc) is 2.65. The van der Waals surface area contributed by atoms with Gasteiger partial charge in [0.15, 0.2) is 0 Å². The second-order valence-electron chi connectivity index (χ2n) is 4.58. The Bertz CT molecular complexity index is 616. The number of hydrogen-bond donors (Lipinski definition) is 0. The molecule has 0 radical (unpaired) electrons. The minimum atomic E-state index is -0.862. The van der Waals surface area contributed by atoms with E-state index in [1.807, 2.05) is 0 Å². The highest BCUT2D eigenvalue weighted by Crippen LogP contribution is 2.36. The lowest BCUT2D eigenvalue weighted by atomic mass is 10.1. The summed E-state index contributed by atoms with van der Waals surface area (Å²) in [6.45, 7) is -0.0636. The van der Waals surface area contributed by atoms with E-state index >= 15 is 0 Å². The van der Waals surface area contributed by atoms with Crippen LogP contribution in [0.15, 0.2) is 12.1 Å². The Morgan fingerprint density at radius 1 is 1.35 bits per heavy atom. The lowest BCUT2D eigenvalue weighted by Gasteiger charge is -2.18. The number of halogens is 2. The van der Waals surface area contributed by atoms with Gasteiger partial charge in [-0.15, -0.1) is 0 Å². The molecule has 0 fully saturated rings. The van der Waals surface area contributed by atoms with E-state index in [0.717, 1.165) is 11.0 Å². The third kappa shape index (κ3) is 2.27. The van der Waals surface area contributed by atoms with Crippen LogP contribution in [0.5, 0.6) is 0 Å². The van der Waals surface area contributed by atoms with E-state index in [9.17, 15) is 18.8 Å². The summed E-state index contributed by atoms with van der Waals surface area (Å²) in [5.41, 5.74) is -0.270.